The van der Waals surface area contributed by atoms with Crippen LogP contribution in [0.4, 0.5) is 0 Å². The van der Waals surface area contributed by atoms with Crippen LogP contribution in [0.3, 0.4) is 0 Å². The number of rotatable bonds is 5. The number of nitrogens with one attached hydrogen (secondary N) is 1. The smallest absolute Gasteiger partial charge is 0.267 e. The van der Waals surface area contributed by atoms with Gasteiger partial charge >= 0.3 is 0 Å². The molecule has 128 valence electrons. The van der Waals surface area contributed by atoms with Crippen LogP contribution in [0, 0.1) is 11.3 Å². The number of aromatic nitrogens is 1. The van der Waals surface area contributed by atoms with Gasteiger partial charge < -0.3 is 0 Å². The van der Waals surface area contributed by atoms with Crippen molar-refractivity contribution in [2.24, 2.45) is 16.4 Å². The molecule has 2 rings (SSSR count). The van der Waals surface area contributed by atoms with E-state index in [1.54, 1.807) is 30.7 Å². The van der Waals surface area contributed by atoms with E-state index in [9.17, 15) is 4.79 Å². The maximum atomic E-state index is 11.9. The molecule has 1 aromatic heterocycles. The van der Waals surface area contributed by atoms with E-state index in [2.05, 4.69) is 55.4 Å². The summed E-state index contributed by atoms with van der Waals surface area (Å²) < 4.78 is 0. The molecule has 1 unspecified atom stereocenters. The molecule has 0 radical (unpaired) electrons. The number of carbonyl (C=O) groups is 1. The fraction of sp³-hybridized carbons (Fsp3) is 0.450. The molecule has 0 aliphatic heterocycles. The van der Waals surface area contributed by atoms with Gasteiger partial charge in [0, 0.05) is 30.1 Å². The van der Waals surface area contributed by atoms with Gasteiger partial charge in [0.1, 0.15) is 0 Å². The molecule has 1 atom stereocenters. The Balaban J connectivity index is 1.93. The second kappa shape index (κ2) is 8.04. The summed E-state index contributed by atoms with van der Waals surface area (Å²) in [6.45, 7) is 8.91. The molecular weight excluding hydrogens is 298 g/mol. The van der Waals surface area contributed by atoms with Gasteiger partial charge in [0.15, 0.2) is 0 Å². The topological polar surface area (TPSA) is 54.4 Å². The fourth-order valence-corrected chi connectivity index (χ4v) is 3.09. The van der Waals surface area contributed by atoms with Crippen LogP contribution in [0.5, 0.6) is 0 Å². The highest BCUT2D eigenvalue weighted by molar-refractivity contribution is 5.94. The number of hydrazone groups is 1. The predicted molar refractivity (Wildman–Crippen MR) is 98.8 cm³/mol. The van der Waals surface area contributed by atoms with E-state index in [4.69, 9.17) is 0 Å². The average Bonchev–Trinajstić information content (AvgIpc) is 2.54. The molecule has 0 spiro atoms. The number of nitrogens with zero attached hydrogens (tertiary/aromatic N) is 2. The Bertz CT molecular complexity index is 657. The molecule has 1 aliphatic rings. The van der Waals surface area contributed by atoms with Crippen molar-refractivity contribution >= 4 is 12.1 Å². The van der Waals surface area contributed by atoms with Gasteiger partial charge in [0.2, 0.25) is 0 Å². The summed E-state index contributed by atoms with van der Waals surface area (Å²) in [5, 5.41) is 4.05. The minimum Gasteiger partial charge on any atom is -0.267 e. The van der Waals surface area contributed by atoms with Gasteiger partial charge in [0.25, 0.3) is 5.91 Å². The van der Waals surface area contributed by atoms with E-state index in [1.807, 2.05) is 0 Å². The van der Waals surface area contributed by atoms with Crippen LogP contribution in [0.1, 0.15) is 57.3 Å². The van der Waals surface area contributed by atoms with Crippen LogP contribution < -0.4 is 5.43 Å². The minimum absolute atomic E-state index is 0.153. The lowest BCUT2D eigenvalue weighted by molar-refractivity contribution is 0.0955. The minimum atomic E-state index is -0.225. The van der Waals surface area contributed by atoms with Crippen molar-refractivity contribution in [2.75, 3.05) is 0 Å². The van der Waals surface area contributed by atoms with Crippen molar-refractivity contribution in [1.82, 2.24) is 10.4 Å². The van der Waals surface area contributed by atoms with Crippen molar-refractivity contribution < 1.29 is 4.79 Å². The van der Waals surface area contributed by atoms with Gasteiger partial charge in [0.05, 0.1) is 0 Å². The lowest BCUT2D eigenvalue weighted by Gasteiger charge is -2.33. The number of carbonyl (C=O) groups excluding carboxylic acids is 1. The standard InChI is InChI=1S/C20H27N3O/c1-15(7-8-18-16(2)6-5-11-20(18,3)4)14-22-23-19(24)17-9-12-21-13-10-17/h7-10,12-15H,5-6,11H2,1-4H3,(H,23,24). The van der Waals surface area contributed by atoms with Crippen LogP contribution in [-0.2, 0) is 0 Å². The normalized spacial score (nSPS) is 19.0. The van der Waals surface area contributed by atoms with Gasteiger partial charge in [-0.3, -0.25) is 9.78 Å². The van der Waals surface area contributed by atoms with Gasteiger partial charge in [-0.05, 0) is 49.3 Å². The van der Waals surface area contributed by atoms with E-state index in [-0.39, 0.29) is 17.2 Å². The SMILES string of the molecule is CC1=C(C=CC(C)C=NNC(=O)c2ccncc2)C(C)(C)CCC1. The summed E-state index contributed by atoms with van der Waals surface area (Å²) in [5.74, 6) is -0.0717. The van der Waals surface area contributed by atoms with Gasteiger partial charge in [-0.2, -0.15) is 5.10 Å². The third-order valence-electron chi connectivity index (χ3n) is 4.53. The summed E-state index contributed by atoms with van der Waals surface area (Å²) in [6, 6.07) is 3.32. The molecule has 1 aliphatic carbocycles. The molecular formula is C20H27N3O. The van der Waals surface area contributed by atoms with E-state index < -0.39 is 0 Å². The number of allylic oxidation sites excluding steroid dienone is 4. The molecule has 0 fully saturated rings. The maximum Gasteiger partial charge on any atom is 0.271 e. The average molecular weight is 325 g/mol. The maximum absolute atomic E-state index is 11.9. The highest BCUT2D eigenvalue weighted by atomic mass is 16.2. The van der Waals surface area contributed by atoms with Crippen molar-refractivity contribution in [1.29, 1.82) is 0 Å². The van der Waals surface area contributed by atoms with Crippen LogP contribution >= 0.6 is 0 Å². The zero-order chi connectivity index (χ0) is 17.6. The molecule has 1 N–H and O–H groups in total. The molecule has 1 amide bonds. The van der Waals surface area contributed by atoms with Crippen LogP contribution in [0.2, 0.25) is 0 Å². The summed E-state index contributed by atoms with van der Waals surface area (Å²) in [7, 11) is 0. The molecule has 1 heterocycles. The molecule has 1 aromatic rings. The highest BCUT2D eigenvalue weighted by Gasteiger charge is 2.26. The molecule has 4 heteroatoms. The van der Waals surface area contributed by atoms with E-state index in [0.717, 1.165) is 0 Å². The van der Waals surface area contributed by atoms with Crippen molar-refractivity contribution in [3.63, 3.8) is 0 Å². The Labute approximate surface area is 144 Å². The first-order valence-corrected chi connectivity index (χ1v) is 8.52. The number of pyridine rings is 1. The number of hydrogen-bond donors (Lipinski definition) is 1. The zero-order valence-corrected chi connectivity index (χ0v) is 15.0. The lowest BCUT2D eigenvalue weighted by Crippen LogP contribution is -2.19. The highest BCUT2D eigenvalue weighted by Crippen LogP contribution is 2.40. The van der Waals surface area contributed by atoms with E-state index in [1.165, 1.54) is 30.4 Å². The van der Waals surface area contributed by atoms with Gasteiger partial charge in [-0.15, -0.1) is 0 Å². The molecule has 0 saturated heterocycles. The first kappa shape index (κ1) is 18.1. The monoisotopic (exact) mass is 325 g/mol. The summed E-state index contributed by atoms with van der Waals surface area (Å²) in [4.78, 5) is 15.8. The summed E-state index contributed by atoms with van der Waals surface area (Å²) in [6.07, 6.45) is 13.0. The van der Waals surface area contributed by atoms with E-state index >= 15 is 0 Å². The Kier molecular flexibility index (Phi) is 6.07. The Morgan fingerprint density at radius 3 is 2.75 bits per heavy atom. The molecule has 24 heavy (non-hydrogen) atoms. The molecule has 0 aromatic carbocycles. The largest absolute Gasteiger partial charge is 0.271 e. The predicted octanol–water partition coefficient (Wildman–Crippen LogP) is 4.52. The Morgan fingerprint density at radius 1 is 1.38 bits per heavy atom. The number of hydrogen-bond acceptors (Lipinski definition) is 3. The van der Waals surface area contributed by atoms with Crippen LogP contribution in [0.25, 0.3) is 0 Å². The zero-order valence-electron chi connectivity index (χ0n) is 15.0. The second-order valence-electron chi connectivity index (χ2n) is 7.10. The van der Waals surface area contributed by atoms with Crippen molar-refractivity contribution in [3.05, 3.63) is 53.4 Å². The molecule has 0 bridgehead atoms. The Morgan fingerprint density at radius 2 is 2.08 bits per heavy atom. The number of amides is 1. The third-order valence-corrected chi connectivity index (χ3v) is 4.53. The summed E-state index contributed by atoms with van der Waals surface area (Å²) >= 11 is 0. The van der Waals surface area contributed by atoms with E-state index in [0.29, 0.717) is 5.56 Å². The van der Waals surface area contributed by atoms with Gasteiger partial charge in [-0.1, -0.05) is 38.5 Å². The summed E-state index contributed by atoms with van der Waals surface area (Å²) in [5.41, 5.74) is 6.27. The van der Waals surface area contributed by atoms with Crippen molar-refractivity contribution in [3.8, 4) is 0 Å². The fourth-order valence-electron chi connectivity index (χ4n) is 3.09. The van der Waals surface area contributed by atoms with Crippen LogP contribution in [0.15, 0.2) is 52.9 Å². The van der Waals surface area contributed by atoms with Gasteiger partial charge in [-0.25, -0.2) is 5.43 Å². The van der Waals surface area contributed by atoms with Crippen molar-refractivity contribution in [2.45, 2.75) is 47.0 Å². The third kappa shape index (κ3) is 4.88. The lowest BCUT2D eigenvalue weighted by atomic mass is 9.72. The van der Waals surface area contributed by atoms with Crippen LogP contribution in [-0.4, -0.2) is 17.1 Å². The first-order valence-electron chi connectivity index (χ1n) is 8.52. The first-order chi connectivity index (χ1) is 11.4. The quantitative estimate of drug-likeness (QED) is 0.639. The molecule has 0 saturated carbocycles. The Hall–Kier alpha value is -2.23. The second-order valence-corrected chi connectivity index (χ2v) is 7.10. The molecule has 4 nitrogen and oxygen atoms in total.